The Hall–Kier alpha value is -2.27. The van der Waals surface area contributed by atoms with Gasteiger partial charge in [-0.15, -0.1) is 0 Å². The summed E-state index contributed by atoms with van der Waals surface area (Å²) in [5.74, 6) is -0.0996. The van der Waals surface area contributed by atoms with Crippen LogP contribution >= 0.6 is 0 Å². The smallest absolute Gasteiger partial charge is 0.257 e. The molecule has 0 radical (unpaired) electrons. The summed E-state index contributed by atoms with van der Waals surface area (Å²) in [5.41, 5.74) is 2.11. The van der Waals surface area contributed by atoms with Gasteiger partial charge in [-0.25, -0.2) is 4.39 Å². The van der Waals surface area contributed by atoms with Crippen molar-refractivity contribution >= 4 is 11.6 Å². The van der Waals surface area contributed by atoms with Gasteiger partial charge in [0.15, 0.2) is 0 Å². The van der Waals surface area contributed by atoms with Gasteiger partial charge in [0, 0.05) is 23.5 Å². The van der Waals surface area contributed by atoms with Crippen LogP contribution in [0.1, 0.15) is 34.8 Å². The lowest BCUT2D eigenvalue weighted by Gasteiger charge is -2.22. The first-order valence-corrected chi connectivity index (χ1v) is 7.46. The number of hydrogen-bond acceptors (Lipinski definition) is 3. The monoisotopic (exact) mass is 299 g/mol. The average molecular weight is 299 g/mol. The molecule has 0 bridgehead atoms. The van der Waals surface area contributed by atoms with Gasteiger partial charge >= 0.3 is 0 Å². The molecule has 2 N–H and O–H groups in total. The molecular formula is C17H18FN3O. The molecule has 114 valence electrons. The Kier molecular flexibility index (Phi) is 4.44. The van der Waals surface area contributed by atoms with Gasteiger partial charge < -0.3 is 10.6 Å². The fourth-order valence-corrected chi connectivity index (χ4v) is 2.64. The van der Waals surface area contributed by atoms with Gasteiger partial charge in [0.1, 0.15) is 5.82 Å². The van der Waals surface area contributed by atoms with Crippen LogP contribution in [0.25, 0.3) is 0 Å². The molecule has 1 aromatic heterocycles. The van der Waals surface area contributed by atoms with E-state index in [1.165, 1.54) is 24.3 Å². The summed E-state index contributed by atoms with van der Waals surface area (Å²) in [6.45, 7) is 2.03. The molecule has 2 aromatic rings. The van der Waals surface area contributed by atoms with Crippen molar-refractivity contribution in [1.29, 1.82) is 0 Å². The quantitative estimate of drug-likeness (QED) is 0.916. The topological polar surface area (TPSA) is 54.0 Å². The maximum absolute atomic E-state index is 12.8. The molecule has 1 aliphatic rings. The molecule has 0 saturated carbocycles. The Morgan fingerprint density at radius 3 is 2.50 bits per heavy atom. The van der Waals surface area contributed by atoms with Crippen LogP contribution in [0.15, 0.2) is 42.6 Å². The average Bonchev–Trinajstić information content (AvgIpc) is 2.58. The van der Waals surface area contributed by atoms with Gasteiger partial charge in [0.2, 0.25) is 0 Å². The highest BCUT2D eigenvalue weighted by molar-refractivity contribution is 6.04. The number of nitrogens with one attached hydrogen (secondary N) is 2. The third-order valence-corrected chi connectivity index (χ3v) is 3.91. The number of anilines is 1. The zero-order valence-corrected chi connectivity index (χ0v) is 12.2. The van der Waals surface area contributed by atoms with Crippen LogP contribution in [0, 0.1) is 5.82 Å². The van der Waals surface area contributed by atoms with Crippen molar-refractivity contribution in [3.8, 4) is 0 Å². The second kappa shape index (κ2) is 6.66. The zero-order chi connectivity index (χ0) is 15.4. The standard InChI is InChI=1S/C17H18FN3O/c18-14-2-4-15(5-3-14)21-17(22)13-1-6-16(20-11-13)12-7-9-19-10-8-12/h1-6,11-12,19H,7-10H2,(H,21,22). The number of carbonyl (C=O) groups excluding carboxylic acids is 1. The predicted octanol–water partition coefficient (Wildman–Crippen LogP) is 2.94. The van der Waals surface area contributed by atoms with Gasteiger partial charge in [-0.05, 0) is 62.3 Å². The number of piperidine rings is 1. The lowest BCUT2D eigenvalue weighted by Crippen LogP contribution is -2.27. The Balaban J connectivity index is 1.66. The number of rotatable bonds is 3. The molecule has 1 aliphatic heterocycles. The van der Waals surface area contributed by atoms with Crippen LogP contribution in [-0.4, -0.2) is 24.0 Å². The van der Waals surface area contributed by atoms with Gasteiger partial charge in [-0.2, -0.15) is 0 Å². The van der Waals surface area contributed by atoms with Crippen molar-refractivity contribution in [3.05, 3.63) is 59.7 Å². The summed E-state index contributed by atoms with van der Waals surface area (Å²) in [6, 6.07) is 9.41. The first kappa shape index (κ1) is 14.7. The minimum Gasteiger partial charge on any atom is -0.322 e. The van der Waals surface area contributed by atoms with Crippen molar-refractivity contribution in [3.63, 3.8) is 0 Å². The maximum atomic E-state index is 12.8. The van der Waals surface area contributed by atoms with Crippen LogP contribution in [0.2, 0.25) is 0 Å². The van der Waals surface area contributed by atoms with E-state index in [2.05, 4.69) is 15.6 Å². The summed E-state index contributed by atoms with van der Waals surface area (Å²) in [7, 11) is 0. The molecule has 0 unspecified atom stereocenters. The summed E-state index contributed by atoms with van der Waals surface area (Å²) >= 11 is 0. The molecular weight excluding hydrogens is 281 g/mol. The van der Waals surface area contributed by atoms with Crippen molar-refractivity contribution in [2.24, 2.45) is 0 Å². The highest BCUT2D eigenvalue weighted by Gasteiger charge is 2.16. The minimum absolute atomic E-state index is 0.240. The second-order valence-electron chi connectivity index (χ2n) is 5.46. The molecule has 3 rings (SSSR count). The van der Waals surface area contributed by atoms with Gasteiger partial charge in [0.25, 0.3) is 5.91 Å². The van der Waals surface area contributed by atoms with E-state index < -0.39 is 0 Å². The molecule has 5 heteroatoms. The summed E-state index contributed by atoms with van der Waals surface area (Å²) < 4.78 is 12.8. The molecule has 22 heavy (non-hydrogen) atoms. The molecule has 0 atom stereocenters. The summed E-state index contributed by atoms with van der Waals surface area (Å²) in [4.78, 5) is 16.6. The highest BCUT2D eigenvalue weighted by atomic mass is 19.1. The number of pyridine rings is 1. The van der Waals surface area contributed by atoms with Crippen molar-refractivity contribution in [1.82, 2.24) is 10.3 Å². The number of carbonyl (C=O) groups is 1. The third-order valence-electron chi connectivity index (χ3n) is 3.91. The number of aromatic nitrogens is 1. The van der Waals surface area contributed by atoms with Crippen LogP contribution in [0.3, 0.4) is 0 Å². The molecule has 1 aromatic carbocycles. The SMILES string of the molecule is O=C(Nc1ccc(F)cc1)c1ccc(C2CCNCC2)nc1. The van der Waals surface area contributed by atoms with Crippen molar-refractivity contribution < 1.29 is 9.18 Å². The van der Waals surface area contributed by atoms with Crippen LogP contribution in [0.5, 0.6) is 0 Å². The Morgan fingerprint density at radius 2 is 1.86 bits per heavy atom. The normalized spacial score (nSPS) is 15.5. The fraction of sp³-hybridized carbons (Fsp3) is 0.294. The Bertz CT molecular complexity index is 634. The van der Waals surface area contributed by atoms with E-state index in [9.17, 15) is 9.18 Å². The molecule has 1 amide bonds. The largest absolute Gasteiger partial charge is 0.322 e. The lowest BCUT2D eigenvalue weighted by molar-refractivity contribution is 0.102. The highest BCUT2D eigenvalue weighted by Crippen LogP contribution is 2.23. The number of hydrogen-bond donors (Lipinski definition) is 2. The molecule has 0 aliphatic carbocycles. The van der Waals surface area contributed by atoms with Crippen molar-refractivity contribution in [2.45, 2.75) is 18.8 Å². The number of halogens is 1. The van der Waals surface area contributed by atoms with Gasteiger partial charge in [-0.3, -0.25) is 9.78 Å². The number of nitrogens with zero attached hydrogens (tertiary/aromatic N) is 1. The van der Waals surface area contributed by atoms with E-state index in [-0.39, 0.29) is 11.7 Å². The van der Waals surface area contributed by atoms with E-state index in [0.717, 1.165) is 31.6 Å². The molecule has 1 fully saturated rings. The van der Waals surface area contributed by atoms with Crippen molar-refractivity contribution in [2.75, 3.05) is 18.4 Å². The van der Waals surface area contributed by atoms with E-state index in [1.54, 1.807) is 12.3 Å². The van der Waals surface area contributed by atoms with Gasteiger partial charge in [0.05, 0.1) is 5.56 Å². The Morgan fingerprint density at radius 1 is 1.14 bits per heavy atom. The lowest BCUT2D eigenvalue weighted by atomic mass is 9.94. The number of benzene rings is 1. The predicted molar refractivity (Wildman–Crippen MR) is 83.4 cm³/mol. The number of amides is 1. The maximum Gasteiger partial charge on any atom is 0.257 e. The van der Waals surface area contributed by atoms with E-state index in [4.69, 9.17) is 0 Å². The third kappa shape index (κ3) is 3.49. The molecule has 1 saturated heterocycles. The first-order chi connectivity index (χ1) is 10.7. The van der Waals surface area contributed by atoms with Crippen LogP contribution in [-0.2, 0) is 0 Å². The summed E-state index contributed by atoms with van der Waals surface area (Å²) in [6.07, 6.45) is 3.76. The van der Waals surface area contributed by atoms with E-state index in [0.29, 0.717) is 17.2 Å². The molecule has 0 spiro atoms. The zero-order valence-electron chi connectivity index (χ0n) is 12.2. The van der Waals surface area contributed by atoms with E-state index in [1.807, 2.05) is 6.07 Å². The Labute approximate surface area is 128 Å². The summed E-state index contributed by atoms with van der Waals surface area (Å²) in [5, 5.41) is 6.06. The fourth-order valence-electron chi connectivity index (χ4n) is 2.64. The van der Waals surface area contributed by atoms with E-state index >= 15 is 0 Å². The minimum atomic E-state index is -0.328. The first-order valence-electron chi connectivity index (χ1n) is 7.46. The second-order valence-corrected chi connectivity index (χ2v) is 5.46. The van der Waals surface area contributed by atoms with Gasteiger partial charge in [-0.1, -0.05) is 0 Å². The van der Waals surface area contributed by atoms with Crippen LogP contribution in [0.4, 0.5) is 10.1 Å². The van der Waals surface area contributed by atoms with Crippen LogP contribution < -0.4 is 10.6 Å². The molecule has 2 heterocycles. The molecule has 4 nitrogen and oxygen atoms in total.